The van der Waals surface area contributed by atoms with E-state index in [9.17, 15) is 71.5 Å². The molecule has 5 aliphatic heterocycles. The highest BCUT2D eigenvalue weighted by atomic mass is 16.8. The summed E-state index contributed by atoms with van der Waals surface area (Å²) in [4.78, 5) is 0. The van der Waals surface area contributed by atoms with Crippen molar-refractivity contribution in [3.8, 4) is 0 Å². The molecule has 5 saturated heterocycles. The minimum Gasteiger partial charge on any atom is -0.394 e. The fraction of sp³-hybridized carbons (Fsp3) is 0.961. The summed E-state index contributed by atoms with van der Waals surface area (Å²) in [5.41, 5.74) is -0.562. The van der Waals surface area contributed by atoms with E-state index in [4.69, 9.17) is 42.6 Å². The summed E-state index contributed by atoms with van der Waals surface area (Å²) in [6.45, 7) is 9.53. The molecule has 14 N–H and O–H groups in total. The molecule has 3 saturated carbocycles. The lowest BCUT2D eigenvalue weighted by Crippen LogP contribution is -2.66. The van der Waals surface area contributed by atoms with Crippen LogP contribution < -0.4 is 0 Å². The Hall–Kier alpha value is -1.18. The van der Waals surface area contributed by atoms with Gasteiger partial charge in [-0.1, -0.05) is 32.4 Å². The van der Waals surface area contributed by atoms with Crippen LogP contribution in [0.3, 0.4) is 0 Å². The molecule has 0 amide bonds. The first kappa shape index (κ1) is 57.5. The number of hydrogen-bond acceptors (Lipinski definition) is 23. The smallest absolute Gasteiger partial charge is 0.187 e. The Bertz CT molecular complexity index is 1950. The van der Waals surface area contributed by atoms with Gasteiger partial charge in [0, 0.05) is 12.3 Å². The molecule has 9 aliphatic rings. The summed E-state index contributed by atoms with van der Waals surface area (Å²) in [5.74, 6) is -0.699. The van der Waals surface area contributed by atoms with E-state index in [1.807, 2.05) is 6.92 Å². The topological polar surface area (TPSA) is 366 Å². The molecular formula is C51H84O23. The first-order chi connectivity index (χ1) is 34.8. The molecule has 31 atom stereocenters. The van der Waals surface area contributed by atoms with E-state index in [1.165, 1.54) is 26.3 Å². The lowest BCUT2D eigenvalue weighted by atomic mass is 9.47. The molecule has 0 aromatic rings. The van der Waals surface area contributed by atoms with E-state index in [0.29, 0.717) is 30.6 Å². The van der Waals surface area contributed by atoms with Crippen LogP contribution in [-0.4, -0.2) is 238 Å². The van der Waals surface area contributed by atoms with Crippen LogP contribution >= 0.6 is 0 Å². The molecule has 23 nitrogen and oxygen atoms in total. The molecule has 74 heavy (non-hydrogen) atoms. The van der Waals surface area contributed by atoms with E-state index in [-0.39, 0.29) is 48.2 Å². The zero-order valence-electron chi connectivity index (χ0n) is 43.1. The summed E-state index contributed by atoms with van der Waals surface area (Å²) >= 11 is 0. The average Bonchev–Trinajstić information content (AvgIpc) is 3.81. The predicted molar refractivity (Wildman–Crippen MR) is 250 cm³/mol. The van der Waals surface area contributed by atoms with Gasteiger partial charge in [0.15, 0.2) is 30.9 Å². The maximum absolute atomic E-state index is 12.1. The van der Waals surface area contributed by atoms with Crippen molar-refractivity contribution in [2.45, 2.75) is 246 Å². The van der Waals surface area contributed by atoms with Crippen LogP contribution in [0, 0.1) is 40.4 Å². The Labute approximate surface area is 430 Å². The van der Waals surface area contributed by atoms with E-state index in [2.05, 4.69) is 19.9 Å². The second kappa shape index (κ2) is 21.7. The zero-order valence-corrected chi connectivity index (χ0v) is 43.1. The third-order valence-electron chi connectivity index (χ3n) is 19.5. The largest absolute Gasteiger partial charge is 0.394 e. The van der Waals surface area contributed by atoms with Gasteiger partial charge in [0.1, 0.15) is 85.5 Å². The van der Waals surface area contributed by atoms with Crippen LogP contribution in [0.4, 0.5) is 0 Å². The molecular weight excluding hydrogens is 981 g/mol. The van der Waals surface area contributed by atoms with Crippen molar-refractivity contribution in [3.05, 3.63) is 11.6 Å². The number of ether oxygens (including phenoxy) is 9. The lowest BCUT2D eigenvalue weighted by molar-refractivity contribution is -0.388. The molecule has 5 heterocycles. The van der Waals surface area contributed by atoms with Gasteiger partial charge in [-0.05, 0) is 107 Å². The maximum Gasteiger partial charge on any atom is 0.187 e. The Morgan fingerprint density at radius 3 is 1.85 bits per heavy atom. The highest BCUT2D eigenvalue weighted by molar-refractivity contribution is 5.26. The molecule has 426 valence electrons. The summed E-state index contributed by atoms with van der Waals surface area (Å²) in [6.07, 6.45) is -22.3. The van der Waals surface area contributed by atoms with Crippen molar-refractivity contribution in [3.63, 3.8) is 0 Å². The van der Waals surface area contributed by atoms with Crippen molar-refractivity contribution >= 4 is 0 Å². The fourth-order valence-corrected chi connectivity index (χ4v) is 14.9. The maximum atomic E-state index is 12.1. The molecule has 9 rings (SSSR count). The van der Waals surface area contributed by atoms with Gasteiger partial charge in [-0.25, -0.2) is 0 Å². The number of aliphatic hydroxyl groups excluding tert-OH is 12. The minimum absolute atomic E-state index is 0.0600. The van der Waals surface area contributed by atoms with Crippen LogP contribution in [0.25, 0.3) is 0 Å². The molecule has 8 fully saturated rings. The van der Waals surface area contributed by atoms with Crippen molar-refractivity contribution in [1.29, 1.82) is 0 Å². The van der Waals surface area contributed by atoms with Crippen molar-refractivity contribution < 1.29 is 114 Å². The van der Waals surface area contributed by atoms with Crippen molar-refractivity contribution in [1.82, 2.24) is 0 Å². The number of rotatable bonds is 14. The Morgan fingerprint density at radius 2 is 1.23 bits per heavy atom. The van der Waals surface area contributed by atoms with Crippen LogP contribution in [-0.2, 0) is 42.6 Å². The Balaban J connectivity index is 0.852. The highest BCUT2D eigenvalue weighted by Gasteiger charge is 2.68. The van der Waals surface area contributed by atoms with Gasteiger partial charge in [-0.2, -0.15) is 0 Å². The van der Waals surface area contributed by atoms with Gasteiger partial charge >= 0.3 is 0 Å². The third-order valence-corrected chi connectivity index (χ3v) is 19.5. The second-order valence-electron chi connectivity index (χ2n) is 24.1. The first-order valence-corrected chi connectivity index (χ1v) is 26.8. The third kappa shape index (κ3) is 10.2. The van der Waals surface area contributed by atoms with E-state index in [1.54, 1.807) is 0 Å². The molecule has 4 aliphatic carbocycles. The van der Waals surface area contributed by atoms with E-state index < -0.39 is 154 Å². The van der Waals surface area contributed by atoms with Gasteiger partial charge < -0.3 is 114 Å². The quantitative estimate of drug-likeness (QED) is 0.0778. The Morgan fingerprint density at radius 1 is 0.649 bits per heavy atom. The summed E-state index contributed by atoms with van der Waals surface area (Å²) in [7, 11) is 0. The number of aliphatic hydroxyl groups is 14. The van der Waals surface area contributed by atoms with Crippen LogP contribution in [0.1, 0.15) is 99.3 Å². The molecule has 0 spiro atoms. The normalized spacial score (nSPS) is 55.4. The first-order valence-electron chi connectivity index (χ1n) is 26.8. The zero-order chi connectivity index (χ0) is 53.7. The molecule has 0 aromatic carbocycles. The monoisotopic (exact) mass is 1060 g/mol. The van der Waals surface area contributed by atoms with Gasteiger partial charge in [0.25, 0.3) is 0 Å². The van der Waals surface area contributed by atoms with Crippen LogP contribution in [0.5, 0.6) is 0 Å². The van der Waals surface area contributed by atoms with Gasteiger partial charge in [-0.3, -0.25) is 0 Å². The SMILES string of the molecule is C[C@@H]1O[C@@H](O[C@H]2[C@H](O[C@H]3CC[C@@]4(C)C(=CC[C@H]5[C@@H]6C[C@@H]7O[C@](O)(CC[C@@](C)(O)CO[C@H]8O[C@@H](CO)[C@H](O)[C@@H](O)[C@@H]8O)[C@@H](C)[C@@H]7[C@@]6(C)CC[C@@H]54)C3)O[C@H](CO)[C@@H](O[C@@H]3O[C@@H](C)[C@H](O)[C@@H](O)[C@H]3O)[C@@H]2O)[C@H](O)[C@H](O)[C@H]1O. The summed E-state index contributed by atoms with van der Waals surface area (Å²) in [5, 5.41) is 150. The molecule has 0 aromatic heterocycles. The van der Waals surface area contributed by atoms with Gasteiger partial charge in [0.05, 0.1) is 49.8 Å². The van der Waals surface area contributed by atoms with Gasteiger partial charge in [-0.15, -0.1) is 0 Å². The summed E-state index contributed by atoms with van der Waals surface area (Å²) < 4.78 is 54.3. The van der Waals surface area contributed by atoms with Crippen molar-refractivity contribution in [2.75, 3.05) is 19.8 Å². The van der Waals surface area contributed by atoms with Gasteiger partial charge in [0.2, 0.25) is 0 Å². The van der Waals surface area contributed by atoms with Crippen LogP contribution in [0.15, 0.2) is 11.6 Å². The average molecular weight is 1070 g/mol. The second-order valence-corrected chi connectivity index (χ2v) is 24.1. The molecule has 0 bridgehead atoms. The summed E-state index contributed by atoms with van der Waals surface area (Å²) in [6, 6.07) is 0. The number of allylic oxidation sites excluding steroid dienone is 1. The lowest BCUT2D eigenvalue weighted by Gasteiger charge is -2.58. The number of fused-ring (bicyclic) bond motifs is 7. The molecule has 0 unspecified atom stereocenters. The minimum atomic E-state index is -1.76. The predicted octanol–water partition coefficient (Wildman–Crippen LogP) is -2.86. The van der Waals surface area contributed by atoms with E-state index in [0.717, 1.165) is 32.1 Å². The standard InChI is InChI=1S/C51H84O23/c1-20-31-28(74-51(20,65)14-13-48(4,64)19-66-44-38(60)37(59)34(56)29(17-52)70-44)16-27-25-8-7-23-15-24(9-11-49(23,5)26(25)10-12-50(27,31)6)69-47-43(73-46-40(62)36(58)33(55)22(3)68-46)41(63)42(30(18-53)71-47)72-45-39(61)35(57)32(54)21(2)67-45/h7,20-22,24-47,52-65H,8-19H2,1-6H3/t20-,21-,22-,24-,25+,26-,27-,28-,29-,30+,31-,32-,33-,34-,35+,36+,37+,38-,39+,40+,41-,42+,43+,44-,45-,46-,47+,48+,49-,50-,51+/m0/s1. The van der Waals surface area contributed by atoms with Crippen molar-refractivity contribution in [2.24, 2.45) is 40.4 Å². The van der Waals surface area contributed by atoms with E-state index >= 15 is 0 Å². The fourth-order valence-electron chi connectivity index (χ4n) is 14.9. The Kier molecular flexibility index (Phi) is 16.9. The molecule has 0 radical (unpaired) electrons. The van der Waals surface area contributed by atoms with Crippen LogP contribution in [0.2, 0.25) is 0 Å². The highest BCUT2D eigenvalue weighted by Crippen LogP contribution is 2.70. The number of hydrogen-bond donors (Lipinski definition) is 14. The molecule has 23 heteroatoms.